The van der Waals surface area contributed by atoms with Crippen molar-refractivity contribution >= 4 is 10.0 Å². The van der Waals surface area contributed by atoms with E-state index in [4.69, 9.17) is 10.5 Å². The van der Waals surface area contributed by atoms with E-state index < -0.39 is 23.1 Å². The number of rotatable bonds is 6. The van der Waals surface area contributed by atoms with E-state index in [9.17, 15) is 17.2 Å². The maximum absolute atomic E-state index is 12.6. The van der Waals surface area contributed by atoms with E-state index in [0.717, 1.165) is 19.3 Å². The predicted molar refractivity (Wildman–Crippen MR) is 78.5 cm³/mol. The molecule has 0 bridgehead atoms. The highest BCUT2D eigenvalue weighted by atomic mass is 32.2. The number of sulfonamides is 1. The van der Waals surface area contributed by atoms with E-state index in [0.29, 0.717) is 6.54 Å². The number of halogens is 2. The number of ether oxygens (including phenoxy) is 1. The standard InChI is InChI=1S/C14H20F2N2O3S/c15-14(16)10-21-12-4-6-13(7-5-12)22(19,20)18-8-2-1-3-11(18)9-17/h4-7,11,14H,1-3,8-10,17H2. The lowest BCUT2D eigenvalue weighted by Crippen LogP contribution is -2.47. The van der Waals surface area contributed by atoms with Gasteiger partial charge in [0.2, 0.25) is 10.0 Å². The maximum Gasteiger partial charge on any atom is 0.272 e. The Morgan fingerprint density at radius 1 is 1.27 bits per heavy atom. The molecule has 1 heterocycles. The van der Waals surface area contributed by atoms with E-state index in [1.54, 1.807) is 0 Å². The summed E-state index contributed by atoms with van der Waals surface area (Å²) in [5.41, 5.74) is 5.66. The van der Waals surface area contributed by atoms with Gasteiger partial charge < -0.3 is 10.5 Å². The first-order valence-electron chi connectivity index (χ1n) is 7.18. The van der Waals surface area contributed by atoms with Crippen LogP contribution in [0.15, 0.2) is 29.2 Å². The largest absolute Gasteiger partial charge is 0.488 e. The van der Waals surface area contributed by atoms with Crippen LogP contribution in [0.5, 0.6) is 5.75 Å². The minimum atomic E-state index is -3.62. The van der Waals surface area contributed by atoms with Crippen molar-refractivity contribution in [3.63, 3.8) is 0 Å². The Bertz CT molecular complexity index is 578. The van der Waals surface area contributed by atoms with Crippen molar-refractivity contribution < 1.29 is 21.9 Å². The summed E-state index contributed by atoms with van der Waals surface area (Å²) in [6.07, 6.45) is -0.0349. The zero-order valence-electron chi connectivity index (χ0n) is 12.1. The van der Waals surface area contributed by atoms with Gasteiger partial charge in [-0.1, -0.05) is 6.42 Å². The van der Waals surface area contributed by atoms with E-state index in [2.05, 4.69) is 0 Å². The Morgan fingerprint density at radius 2 is 1.95 bits per heavy atom. The van der Waals surface area contributed by atoms with Crippen molar-refractivity contribution in [3.05, 3.63) is 24.3 Å². The van der Waals surface area contributed by atoms with Crippen LogP contribution < -0.4 is 10.5 Å². The third kappa shape index (κ3) is 3.93. The smallest absolute Gasteiger partial charge is 0.272 e. The Hall–Kier alpha value is -1.25. The number of nitrogens with zero attached hydrogens (tertiary/aromatic N) is 1. The molecular weight excluding hydrogens is 314 g/mol. The molecule has 22 heavy (non-hydrogen) atoms. The summed E-state index contributed by atoms with van der Waals surface area (Å²) in [7, 11) is -3.62. The number of hydrogen-bond donors (Lipinski definition) is 1. The zero-order chi connectivity index (χ0) is 16.2. The molecule has 0 aromatic heterocycles. The molecule has 1 aliphatic rings. The first kappa shape index (κ1) is 17.1. The Labute approximate surface area is 129 Å². The molecule has 1 aliphatic heterocycles. The summed E-state index contributed by atoms with van der Waals surface area (Å²) in [6, 6.07) is 5.33. The Morgan fingerprint density at radius 3 is 2.55 bits per heavy atom. The number of hydrogen-bond acceptors (Lipinski definition) is 4. The predicted octanol–water partition coefficient (Wildman–Crippen LogP) is 1.83. The van der Waals surface area contributed by atoms with Gasteiger partial charge in [-0.05, 0) is 37.1 Å². The summed E-state index contributed by atoms with van der Waals surface area (Å²) in [5.74, 6) is 0.216. The highest BCUT2D eigenvalue weighted by molar-refractivity contribution is 7.89. The van der Waals surface area contributed by atoms with Crippen LogP contribution >= 0.6 is 0 Å². The van der Waals surface area contributed by atoms with Gasteiger partial charge >= 0.3 is 0 Å². The molecule has 0 radical (unpaired) electrons. The van der Waals surface area contributed by atoms with Gasteiger partial charge in [0.05, 0.1) is 4.90 Å². The van der Waals surface area contributed by atoms with Crippen molar-refractivity contribution in [1.82, 2.24) is 4.31 Å². The first-order chi connectivity index (χ1) is 10.4. The van der Waals surface area contributed by atoms with Gasteiger partial charge in [-0.2, -0.15) is 4.31 Å². The van der Waals surface area contributed by atoms with Gasteiger partial charge in [0.25, 0.3) is 6.43 Å². The lowest BCUT2D eigenvalue weighted by atomic mass is 10.1. The lowest BCUT2D eigenvalue weighted by Gasteiger charge is -2.33. The summed E-state index contributed by atoms with van der Waals surface area (Å²) in [5, 5.41) is 0. The molecule has 1 unspecified atom stereocenters. The fraction of sp³-hybridized carbons (Fsp3) is 0.571. The fourth-order valence-corrected chi connectivity index (χ4v) is 4.23. The summed E-state index contributed by atoms with van der Waals surface area (Å²) in [4.78, 5) is 0.122. The monoisotopic (exact) mass is 334 g/mol. The topological polar surface area (TPSA) is 72.6 Å². The second-order valence-corrected chi connectivity index (χ2v) is 7.07. The molecule has 1 aromatic rings. The minimum Gasteiger partial charge on any atom is -0.488 e. The molecule has 2 N–H and O–H groups in total. The summed E-state index contributed by atoms with van der Waals surface area (Å²) >= 11 is 0. The SMILES string of the molecule is NCC1CCCCN1S(=O)(=O)c1ccc(OCC(F)F)cc1. The molecule has 0 spiro atoms. The fourth-order valence-electron chi connectivity index (χ4n) is 2.53. The van der Waals surface area contributed by atoms with Gasteiger partial charge in [0.1, 0.15) is 12.4 Å². The van der Waals surface area contributed by atoms with Crippen LogP contribution in [-0.2, 0) is 10.0 Å². The molecule has 5 nitrogen and oxygen atoms in total. The van der Waals surface area contributed by atoms with Crippen LogP contribution in [0.25, 0.3) is 0 Å². The van der Waals surface area contributed by atoms with Gasteiger partial charge in [-0.25, -0.2) is 17.2 Å². The van der Waals surface area contributed by atoms with Gasteiger partial charge in [-0.15, -0.1) is 0 Å². The molecule has 1 fully saturated rings. The highest BCUT2D eigenvalue weighted by Crippen LogP contribution is 2.26. The van der Waals surface area contributed by atoms with Gasteiger partial charge in [-0.3, -0.25) is 0 Å². The third-order valence-electron chi connectivity index (χ3n) is 3.65. The van der Waals surface area contributed by atoms with E-state index >= 15 is 0 Å². The minimum absolute atomic E-state index is 0.122. The molecular formula is C14H20F2N2O3S. The van der Waals surface area contributed by atoms with E-state index in [-0.39, 0.29) is 23.2 Å². The second-order valence-electron chi connectivity index (χ2n) is 5.17. The van der Waals surface area contributed by atoms with Gasteiger partial charge in [0.15, 0.2) is 0 Å². The molecule has 8 heteroatoms. The van der Waals surface area contributed by atoms with Crippen molar-refractivity contribution in [2.45, 2.75) is 36.6 Å². The van der Waals surface area contributed by atoms with Gasteiger partial charge in [0, 0.05) is 19.1 Å². The highest BCUT2D eigenvalue weighted by Gasteiger charge is 2.32. The molecule has 0 amide bonds. The average Bonchev–Trinajstić information content (AvgIpc) is 2.53. The quantitative estimate of drug-likeness (QED) is 0.861. The van der Waals surface area contributed by atoms with E-state index in [1.165, 1.54) is 28.6 Å². The van der Waals surface area contributed by atoms with Crippen LogP contribution in [0.3, 0.4) is 0 Å². The van der Waals surface area contributed by atoms with Crippen molar-refractivity contribution in [1.29, 1.82) is 0 Å². The van der Waals surface area contributed by atoms with E-state index in [1.807, 2.05) is 0 Å². The number of benzene rings is 1. The second kappa shape index (κ2) is 7.34. The molecule has 2 rings (SSSR count). The average molecular weight is 334 g/mol. The summed E-state index contributed by atoms with van der Waals surface area (Å²) in [6.45, 7) is 0.0239. The van der Waals surface area contributed by atoms with Crippen LogP contribution in [0.1, 0.15) is 19.3 Å². The third-order valence-corrected chi connectivity index (χ3v) is 5.62. The Kier molecular flexibility index (Phi) is 5.71. The van der Waals surface area contributed by atoms with Crippen molar-refractivity contribution in [3.8, 4) is 5.75 Å². The number of alkyl halides is 2. The molecule has 1 atom stereocenters. The zero-order valence-corrected chi connectivity index (χ0v) is 12.9. The molecule has 0 aliphatic carbocycles. The Balaban J connectivity index is 2.15. The number of nitrogens with two attached hydrogens (primary N) is 1. The van der Waals surface area contributed by atoms with Crippen LogP contribution in [0, 0.1) is 0 Å². The summed E-state index contributed by atoms with van der Waals surface area (Å²) < 4.78 is 55.7. The van der Waals surface area contributed by atoms with Crippen LogP contribution in [0.2, 0.25) is 0 Å². The van der Waals surface area contributed by atoms with Crippen molar-refractivity contribution in [2.24, 2.45) is 5.73 Å². The normalized spacial score (nSPS) is 20.3. The van der Waals surface area contributed by atoms with Crippen LogP contribution in [0.4, 0.5) is 8.78 Å². The molecule has 1 aromatic carbocycles. The molecule has 1 saturated heterocycles. The van der Waals surface area contributed by atoms with Crippen molar-refractivity contribution in [2.75, 3.05) is 19.7 Å². The molecule has 124 valence electrons. The maximum atomic E-state index is 12.6. The lowest BCUT2D eigenvalue weighted by molar-refractivity contribution is 0.0819. The number of piperidine rings is 1. The first-order valence-corrected chi connectivity index (χ1v) is 8.62. The molecule has 0 saturated carbocycles. The van der Waals surface area contributed by atoms with Crippen LogP contribution in [-0.4, -0.2) is 44.9 Å².